The zero-order valence-corrected chi connectivity index (χ0v) is 12.2. The molecule has 5 atom stereocenters. The van der Waals surface area contributed by atoms with Crippen molar-refractivity contribution < 1.29 is 34.3 Å². The average Bonchev–Trinajstić information content (AvgIpc) is 2.50. The third kappa shape index (κ3) is 4.02. The van der Waals surface area contributed by atoms with Crippen LogP contribution in [0.3, 0.4) is 0 Å². The molecule has 1 aliphatic rings. The zero-order chi connectivity index (χ0) is 16.1. The molecule has 1 aliphatic heterocycles. The highest BCUT2D eigenvalue weighted by Gasteiger charge is 2.47. The van der Waals surface area contributed by atoms with E-state index in [2.05, 4.69) is 0 Å². The molecular formula is C15H20O7. The number of hydrogen-bond donors (Lipinski definition) is 3. The van der Waals surface area contributed by atoms with Crippen molar-refractivity contribution in [2.75, 3.05) is 6.61 Å². The summed E-state index contributed by atoms with van der Waals surface area (Å²) in [6.45, 7) is 0.854. The van der Waals surface area contributed by atoms with Crippen LogP contribution >= 0.6 is 0 Å². The van der Waals surface area contributed by atoms with Gasteiger partial charge in [0.2, 0.25) is 0 Å². The van der Waals surface area contributed by atoms with Crippen LogP contribution in [0.2, 0.25) is 0 Å². The molecule has 2 rings (SSSR count). The van der Waals surface area contributed by atoms with Crippen molar-refractivity contribution >= 4 is 5.97 Å². The molecule has 0 radical (unpaired) electrons. The van der Waals surface area contributed by atoms with Crippen LogP contribution in [0.1, 0.15) is 12.5 Å². The van der Waals surface area contributed by atoms with E-state index >= 15 is 0 Å². The zero-order valence-electron chi connectivity index (χ0n) is 12.2. The predicted octanol–water partition coefficient (Wildman–Crippen LogP) is -0.426. The van der Waals surface area contributed by atoms with Crippen LogP contribution in [0.25, 0.3) is 0 Å². The molecule has 7 nitrogen and oxygen atoms in total. The van der Waals surface area contributed by atoms with Crippen molar-refractivity contribution in [3.63, 3.8) is 0 Å². The van der Waals surface area contributed by atoms with Gasteiger partial charge >= 0.3 is 5.97 Å². The third-order valence-corrected chi connectivity index (χ3v) is 3.40. The fraction of sp³-hybridized carbons (Fsp3) is 0.533. The Labute approximate surface area is 128 Å². The molecule has 1 saturated heterocycles. The molecule has 0 saturated carbocycles. The Hall–Kier alpha value is -1.51. The first kappa shape index (κ1) is 16.9. The third-order valence-electron chi connectivity index (χ3n) is 3.40. The van der Waals surface area contributed by atoms with Crippen LogP contribution in [-0.4, -0.2) is 58.6 Å². The minimum atomic E-state index is -1.48. The molecule has 1 aromatic carbocycles. The predicted molar refractivity (Wildman–Crippen MR) is 74.5 cm³/mol. The molecule has 0 unspecified atom stereocenters. The van der Waals surface area contributed by atoms with E-state index in [1.165, 1.54) is 6.92 Å². The van der Waals surface area contributed by atoms with Crippen LogP contribution in [0.5, 0.6) is 0 Å². The summed E-state index contributed by atoms with van der Waals surface area (Å²) in [5.41, 5.74) is 0.859. The second-order valence-electron chi connectivity index (χ2n) is 5.07. The van der Waals surface area contributed by atoms with E-state index < -0.39 is 43.3 Å². The SMILES string of the molecule is CC(=O)O[C@H]1[C@@H](OCc2ccccc2)[C@H](O)[C@@H](CO)O[C@@H]1O. The van der Waals surface area contributed by atoms with E-state index in [-0.39, 0.29) is 6.61 Å². The molecule has 122 valence electrons. The van der Waals surface area contributed by atoms with Gasteiger partial charge in [-0.3, -0.25) is 4.79 Å². The van der Waals surface area contributed by atoms with Gasteiger partial charge < -0.3 is 29.5 Å². The van der Waals surface area contributed by atoms with Gasteiger partial charge in [-0.2, -0.15) is 0 Å². The van der Waals surface area contributed by atoms with E-state index in [4.69, 9.17) is 14.2 Å². The number of carbonyl (C=O) groups excluding carboxylic acids is 1. The van der Waals surface area contributed by atoms with Crippen molar-refractivity contribution in [3.05, 3.63) is 35.9 Å². The minimum Gasteiger partial charge on any atom is -0.454 e. The number of ether oxygens (including phenoxy) is 3. The van der Waals surface area contributed by atoms with Crippen molar-refractivity contribution in [1.29, 1.82) is 0 Å². The summed E-state index contributed by atoms with van der Waals surface area (Å²) in [5, 5.41) is 29.3. The number of esters is 1. The fourth-order valence-corrected chi connectivity index (χ4v) is 2.33. The first-order chi connectivity index (χ1) is 10.5. The van der Waals surface area contributed by atoms with Crippen molar-refractivity contribution in [2.45, 2.75) is 44.2 Å². The number of aliphatic hydroxyl groups excluding tert-OH is 3. The van der Waals surface area contributed by atoms with Gasteiger partial charge in [-0.1, -0.05) is 30.3 Å². The van der Waals surface area contributed by atoms with Gasteiger partial charge in [-0.25, -0.2) is 0 Å². The van der Waals surface area contributed by atoms with Gasteiger partial charge in [0.1, 0.15) is 18.3 Å². The second kappa shape index (κ2) is 7.66. The summed E-state index contributed by atoms with van der Waals surface area (Å²) < 4.78 is 15.6. The number of rotatable bonds is 5. The van der Waals surface area contributed by atoms with Crippen molar-refractivity contribution in [2.24, 2.45) is 0 Å². The molecule has 0 bridgehead atoms. The summed E-state index contributed by atoms with van der Waals surface area (Å²) in [6.07, 6.45) is -5.90. The lowest BCUT2D eigenvalue weighted by Crippen LogP contribution is -2.60. The van der Waals surface area contributed by atoms with E-state index in [1.54, 1.807) is 0 Å². The number of aliphatic hydroxyl groups is 3. The van der Waals surface area contributed by atoms with Crippen LogP contribution in [0, 0.1) is 0 Å². The van der Waals surface area contributed by atoms with E-state index in [1.807, 2.05) is 30.3 Å². The van der Waals surface area contributed by atoms with Crippen LogP contribution in [0.15, 0.2) is 30.3 Å². The van der Waals surface area contributed by atoms with Crippen LogP contribution < -0.4 is 0 Å². The smallest absolute Gasteiger partial charge is 0.303 e. The number of benzene rings is 1. The topological polar surface area (TPSA) is 105 Å². The Morgan fingerprint density at radius 3 is 2.50 bits per heavy atom. The first-order valence-electron chi connectivity index (χ1n) is 6.98. The maximum absolute atomic E-state index is 11.2. The summed E-state index contributed by atoms with van der Waals surface area (Å²) in [5.74, 6) is -0.629. The molecule has 1 aromatic rings. The largest absolute Gasteiger partial charge is 0.454 e. The summed E-state index contributed by atoms with van der Waals surface area (Å²) >= 11 is 0. The molecular weight excluding hydrogens is 292 g/mol. The highest BCUT2D eigenvalue weighted by atomic mass is 16.7. The summed E-state index contributed by atoms with van der Waals surface area (Å²) in [6, 6.07) is 9.22. The molecule has 0 aliphatic carbocycles. The molecule has 3 N–H and O–H groups in total. The van der Waals surface area contributed by atoms with Crippen molar-refractivity contribution in [1.82, 2.24) is 0 Å². The van der Waals surface area contributed by atoms with Gasteiger partial charge in [0, 0.05) is 6.92 Å². The quantitative estimate of drug-likeness (QED) is 0.634. The van der Waals surface area contributed by atoms with Crippen LogP contribution in [-0.2, 0) is 25.6 Å². The van der Waals surface area contributed by atoms with Gasteiger partial charge in [-0.15, -0.1) is 0 Å². The molecule has 0 aromatic heterocycles. The Morgan fingerprint density at radius 2 is 1.91 bits per heavy atom. The van der Waals surface area contributed by atoms with E-state index in [0.29, 0.717) is 0 Å². The van der Waals surface area contributed by atoms with Gasteiger partial charge in [0.15, 0.2) is 12.4 Å². The highest BCUT2D eigenvalue weighted by molar-refractivity contribution is 5.66. The van der Waals surface area contributed by atoms with Crippen molar-refractivity contribution in [3.8, 4) is 0 Å². The fourth-order valence-electron chi connectivity index (χ4n) is 2.33. The standard InChI is InChI=1S/C15H20O7/c1-9(17)21-14-13(12(18)11(7-16)22-15(14)19)20-8-10-5-3-2-4-6-10/h2-6,11-16,18-19H,7-8H2,1H3/t11-,12-,13+,14+,15+/m1/s1. The maximum atomic E-state index is 11.2. The number of carbonyl (C=O) groups is 1. The van der Waals surface area contributed by atoms with E-state index in [0.717, 1.165) is 5.56 Å². The Bertz CT molecular complexity index is 478. The molecule has 7 heteroatoms. The molecule has 1 heterocycles. The Balaban J connectivity index is 2.10. The van der Waals surface area contributed by atoms with Gasteiger partial charge in [0.25, 0.3) is 0 Å². The molecule has 22 heavy (non-hydrogen) atoms. The van der Waals surface area contributed by atoms with E-state index in [9.17, 15) is 20.1 Å². The summed E-state index contributed by atoms with van der Waals surface area (Å²) in [7, 11) is 0. The van der Waals surface area contributed by atoms with Gasteiger partial charge in [0.05, 0.1) is 13.2 Å². The normalized spacial score (nSPS) is 31.7. The molecule has 0 amide bonds. The minimum absolute atomic E-state index is 0.158. The Kier molecular flexibility index (Phi) is 5.87. The monoisotopic (exact) mass is 312 g/mol. The maximum Gasteiger partial charge on any atom is 0.303 e. The highest BCUT2D eigenvalue weighted by Crippen LogP contribution is 2.25. The lowest BCUT2D eigenvalue weighted by molar-refractivity contribution is -0.299. The number of hydrogen-bond acceptors (Lipinski definition) is 7. The van der Waals surface area contributed by atoms with Crippen LogP contribution in [0.4, 0.5) is 0 Å². The molecule has 1 fully saturated rings. The second-order valence-corrected chi connectivity index (χ2v) is 5.07. The molecule has 0 spiro atoms. The first-order valence-corrected chi connectivity index (χ1v) is 6.98. The lowest BCUT2D eigenvalue weighted by Gasteiger charge is -2.41. The Morgan fingerprint density at radius 1 is 1.23 bits per heavy atom. The van der Waals surface area contributed by atoms with Gasteiger partial charge in [-0.05, 0) is 5.56 Å². The average molecular weight is 312 g/mol. The summed E-state index contributed by atoms with van der Waals surface area (Å²) in [4.78, 5) is 11.2. The lowest BCUT2D eigenvalue weighted by atomic mass is 9.98.